The van der Waals surface area contributed by atoms with Gasteiger partial charge in [-0.3, -0.25) is 4.79 Å². The molecule has 1 atom stereocenters. The van der Waals surface area contributed by atoms with Crippen LogP contribution in [0.5, 0.6) is 11.5 Å². The molecule has 1 amide bonds. The average Bonchev–Trinajstić information content (AvgIpc) is 2.70. The zero-order valence-electron chi connectivity index (χ0n) is 15.5. The first kappa shape index (κ1) is 20.5. The molecule has 150 valence electrons. The minimum Gasteiger partial charge on any atom is -0.455 e. The van der Waals surface area contributed by atoms with E-state index in [0.29, 0.717) is 17.2 Å². The molecular formula is C21H19FN2O4S. The number of carbonyl (C=O) groups is 1. The first-order valence-electron chi connectivity index (χ1n) is 8.76. The lowest BCUT2D eigenvalue weighted by Gasteiger charge is -2.16. The maximum absolute atomic E-state index is 13.0. The third kappa shape index (κ3) is 5.40. The number of amides is 1. The van der Waals surface area contributed by atoms with Gasteiger partial charge in [-0.15, -0.1) is 0 Å². The lowest BCUT2D eigenvalue weighted by molar-refractivity contribution is -0.117. The van der Waals surface area contributed by atoms with Gasteiger partial charge in [0, 0.05) is 0 Å². The molecule has 0 aliphatic carbocycles. The van der Waals surface area contributed by atoms with Crippen LogP contribution >= 0.6 is 0 Å². The molecule has 3 aromatic carbocycles. The second-order valence-corrected chi connectivity index (χ2v) is 7.91. The summed E-state index contributed by atoms with van der Waals surface area (Å²) in [5.41, 5.74) is 0.397. The SMILES string of the molecule is C[C@H](NS(=O)(=O)c1ccc(F)cc1)C(=O)Nc1ccccc1Oc1ccccc1. The van der Waals surface area contributed by atoms with E-state index >= 15 is 0 Å². The predicted octanol–water partition coefficient (Wildman–Crippen LogP) is 3.92. The van der Waals surface area contributed by atoms with Crippen molar-refractivity contribution < 1.29 is 22.3 Å². The Kier molecular flexibility index (Phi) is 6.26. The molecule has 0 aliphatic heterocycles. The molecule has 29 heavy (non-hydrogen) atoms. The van der Waals surface area contributed by atoms with E-state index in [1.165, 1.54) is 6.92 Å². The minimum absolute atomic E-state index is 0.133. The summed E-state index contributed by atoms with van der Waals surface area (Å²) in [6.45, 7) is 1.41. The fourth-order valence-electron chi connectivity index (χ4n) is 2.48. The van der Waals surface area contributed by atoms with Gasteiger partial charge in [0.05, 0.1) is 16.6 Å². The fourth-order valence-corrected chi connectivity index (χ4v) is 3.69. The molecule has 3 rings (SSSR count). The molecule has 0 aromatic heterocycles. The first-order chi connectivity index (χ1) is 13.8. The van der Waals surface area contributed by atoms with E-state index < -0.39 is 27.8 Å². The van der Waals surface area contributed by atoms with E-state index in [0.717, 1.165) is 24.3 Å². The van der Waals surface area contributed by atoms with E-state index in [4.69, 9.17) is 4.74 Å². The molecule has 0 unspecified atom stereocenters. The summed E-state index contributed by atoms with van der Waals surface area (Å²) in [4.78, 5) is 12.4. The third-order valence-corrected chi connectivity index (χ3v) is 5.52. The van der Waals surface area contributed by atoms with Gasteiger partial charge < -0.3 is 10.1 Å². The molecule has 2 N–H and O–H groups in total. The van der Waals surface area contributed by atoms with Crippen molar-refractivity contribution in [3.05, 3.63) is 84.7 Å². The van der Waals surface area contributed by atoms with Crippen LogP contribution in [-0.2, 0) is 14.8 Å². The lowest BCUT2D eigenvalue weighted by atomic mass is 10.2. The normalized spacial score (nSPS) is 12.2. The summed E-state index contributed by atoms with van der Waals surface area (Å²) < 4.78 is 45.8. The van der Waals surface area contributed by atoms with Crippen LogP contribution in [0.2, 0.25) is 0 Å². The zero-order valence-corrected chi connectivity index (χ0v) is 16.3. The number of hydrogen-bond acceptors (Lipinski definition) is 4. The van der Waals surface area contributed by atoms with Crippen LogP contribution in [0.3, 0.4) is 0 Å². The number of rotatable bonds is 7. The summed E-state index contributed by atoms with van der Waals surface area (Å²) >= 11 is 0. The predicted molar refractivity (Wildman–Crippen MR) is 108 cm³/mol. The Balaban J connectivity index is 1.71. The molecule has 0 radical (unpaired) electrons. The summed E-state index contributed by atoms with van der Waals surface area (Å²) in [6.07, 6.45) is 0. The van der Waals surface area contributed by atoms with Crippen molar-refractivity contribution in [2.24, 2.45) is 0 Å². The second kappa shape index (κ2) is 8.85. The lowest BCUT2D eigenvalue weighted by Crippen LogP contribution is -2.41. The summed E-state index contributed by atoms with van der Waals surface area (Å²) in [7, 11) is -3.98. The Hall–Kier alpha value is -3.23. The monoisotopic (exact) mass is 414 g/mol. The number of halogens is 1. The number of hydrogen-bond donors (Lipinski definition) is 2. The first-order valence-corrected chi connectivity index (χ1v) is 10.2. The topological polar surface area (TPSA) is 84.5 Å². The number of para-hydroxylation sites is 3. The van der Waals surface area contributed by atoms with Crippen molar-refractivity contribution >= 4 is 21.6 Å². The highest BCUT2D eigenvalue weighted by atomic mass is 32.2. The smallest absolute Gasteiger partial charge is 0.242 e. The van der Waals surface area contributed by atoms with Gasteiger partial charge in [-0.25, -0.2) is 12.8 Å². The van der Waals surface area contributed by atoms with Gasteiger partial charge in [0.1, 0.15) is 11.6 Å². The number of sulfonamides is 1. The highest BCUT2D eigenvalue weighted by Gasteiger charge is 2.23. The van der Waals surface area contributed by atoms with Gasteiger partial charge in [-0.2, -0.15) is 4.72 Å². The Morgan fingerprint density at radius 2 is 1.55 bits per heavy atom. The zero-order chi connectivity index (χ0) is 20.9. The Bertz CT molecular complexity index is 1090. The van der Waals surface area contributed by atoms with Gasteiger partial charge in [0.2, 0.25) is 15.9 Å². The maximum Gasteiger partial charge on any atom is 0.242 e. The summed E-state index contributed by atoms with van der Waals surface area (Å²) in [5, 5.41) is 2.66. The van der Waals surface area contributed by atoms with Crippen molar-refractivity contribution in [3.8, 4) is 11.5 Å². The molecule has 3 aromatic rings. The third-order valence-electron chi connectivity index (χ3n) is 3.97. The molecule has 0 saturated heterocycles. The second-order valence-electron chi connectivity index (χ2n) is 6.20. The van der Waals surface area contributed by atoms with Crippen molar-refractivity contribution in [3.63, 3.8) is 0 Å². The van der Waals surface area contributed by atoms with E-state index in [1.54, 1.807) is 36.4 Å². The molecule has 0 saturated carbocycles. The molecule has 8 heteroatoms. The van der Waals surface area contributed by atoms with Gasteiger partial charge >= 0.3 is 0 Å². The van der Waals surface area contributed by atoms with Crippen LogP contribution in [-0.4, -0.2) is 20.4 Å². The molecule has 0 heterocycles. The van der Waals surface area contributed by atoms with E-state index in [2.05, 4.69) is 10.0 Å². The van der Waals surface area contributed by atoms with Crippen LogP contribution in [0, 0.1) is 5.82 Å². The number of carbonyl (C=O) groups excluding carboxylic acids is 1. The minimum atomic E-state index is -3.98. The summed E-state index contributed by atoms with van der Waals surface area (Å²) in [6, 6.07) is 19.1. The van der Waals surface area contributed by atoms with Crippen molar-refractivity contribution in [1.29, 1.82) is 0 Å². The Morgan fingerprint density at radius 3 is 2.24 bits per heavy atom. The van der Waals surface area contributed by atoms with Crippen molar-refractivity contribution in [2.75, 3.05) is 5.32 Å². The molecule has 0 bridgehead atoms. The van der Waals surface area contributed by atoms with Gasteiger partial charge in [0.25, 0.3) is 0 Å². The Morgan fingerprint density at radius 1 is 0.931 bits per heavy atom. The standard InChI is InChI=1S/C21H19FN2O4S/c1-15(24-29(26,27)18-13-11-16(22)12-14-18)21(25)23-19-9-5-6-10-20(19)28-17-7-3-2-4-8-17/h2-15,24H,1H3,(H,23,25)/t15-/m0/s1. The number of anilines is 1. The number of benzene rings is 3. The van der Waals surface area contributed by atoms with E-state index in [9.17, 15) is 17.6 Å². The van der Waals surface area contributed by atoms with Crippen LogP contribution < -0.4 is 14.8 Å². The quantitative estimate of drug-likeness (QED) is 0.614. The number of ether oxygens (including phenoxy) is 1. The maximum atomic E-state index is 13.0. The highest BCUT2D eigenvalue weighted by Crippen LogP contribution is 2.29. The molecule has 0 spiro atoms. The van der Waals surface area contributed by atoms with Crippen molar-refractivity contribution in [1.82, 2.24) is 4.72 Å². The van der Waals surface area contributed by atoms with E-state index in [-0.39, 0.29) is 4.90 Å². The molecule has 0 aliphatic rings. The molecular weight excluding hydrogens is 395 g/mol. The van der Waals surface area contributed by atoms with Gasteiger partial charge in [0.15, 0.2) is 5.75 Å². The van der Waals surface area contributed by atoms with Crippen LogP contribution in [0.15, 0.2) is 83.8 Å². The largest absolute Gasteiger partial charge is 0.455 e. The highest BCUT2D eigenvalue weighted by molar-refractivity contribution is 7.89. The van der Waals surface area contributed by atoms with Gasteiger partial charge in [-0.1, -0.05) is 30.3 Å². The van der Waals surface area contributed by atoms with Crippen LogP contribution in [0.25, 0.3) is 0 Å². The van der Waals surface area contributed by atoms with Crippen LogP contribution in [0.1, 0.15) is 6.92 Å². The molecule has 0 fully saturated rings. The van der Waals surface area contributed by atoms with E-state index in [1.807, 2.05) is 18.2 Å². The average molecular weight is 414 g/mol. The fraction of sp³-hybridized carbons (Fsp3) is 0.0952. The molecule has 6 nitrogen and oxygen atoms in total. The van der Waals surface area contributed by atoms with Gasteiger partial charge in [-0.05, 0) is 55.5 Å². The number of nitrogens with one attached hydrogen (secondary N) is 2. The van der Waals surface area contributed by atoms with Crippen molar-refractivity contribution in [2.45, 2.75) is 17.9 Å². The van der Waals surface area contributed by atoms with Crippen LogP contribution in [0.4, 0.5) is 10.1 Å². The Labute approximate surface area is 168 Å². The summed E-state index contributed by atoms with van der Waals surface area (Å²) in [5.74, 6) is -0.107.